The first-order chi connectivity index (χ1) is 12.1. The monoisotopic (exact) mass is 365 g/mol. The lowest BCUT2D eigenvalue weighted by atomic mass is 10.1. The Kier molecular flexibility index (Phi) is 5.98. The van der Waals surface area contributed by atoms with Crippen molar-refractivity contribution in [1.82, 2.24) is 25.0 Å². The quantitative estimate of drug-likeness (QED) is 0.586. The highest BCUT2D eigenvalue weighted by atomic mass is 32.2. The summed E-state index contributed by atoms with van der Waals surface area (Å²) < 4.78 is 2.06. The molecule has 25 heavy (non-hydrogen) atoms. The Hall–Kier alpha value is -1.57. The van der Waals surface area contributed by atoms with Gasteiger partial charge in [-0.1, -0.05) is 24.6 Å². The minimum absolute atomic E-state index is 0.00239. The van der Waals surface area contributed by atoms with E-state index in [0.29, 0.717) is 25.6 Å². The molecule has 1 aromatic rings. The maximum absolute atomic E-state index is 12.4. The summed E-state index contributed by atoms with van der Waals surface area (Å²) in [5.74, 6) is 1.61. The number of carbonyl (C=O) groups is 2. The van der Waals surface area contributed by atoms with Crippen molar-refractivity contribution in [1.29, 1.82) is 0 Å². The van der Waals surface area contributed by atoms with Crippen LogP contribution in [-0.4, -0.2) is 56.4 Å². The van der Waals surface area contributed by atoms with Crippen LogP contribution in [0.2, 0.25) is 0 Å². The highest BCUT2D eigenvalue weighted by molar-refractivity contribution is 7.99. The topological polar surface area (TPSA) is 80.1 Å². The van der Waals surface area contributed by atoms with E-state index < -0.39 is 0 Å². The Labute approximate surface area is 152 Å². The third-order valence-corrected chi connectivity index (χ3v) is 6.11. The zero-order valence-corrected chi connectivity index (χ0v) is 15.8. The Morgan fingerprint density at radius 3 is 2.80 bits per heavy atom. The third kappa shape index (κ3) is 4.16. The van der Waals surface area contributed by atoms with Gasteiger partial charge in [0.1, 0.15) is 5.82 Å². The van der Waals surface area contributed by atoms with E-state index in [9.17, 15) is 9.59 Å². The molecule has 7 nitrogen and oxygen atoms in total. The standard InChI is InChI=1S/C17H27N5O2S/c1-3-21-12(2)19-20-17(21)25-9-8-18-16(24)13-10-15(23)22(11-13)14-6-4-5-7-14/h13-14H,3-11H2,1-2H3,(H,18,24)/t13-/m1/s1. The number of likely N-dealkylation sites (tertiary alicyclic amines) is 1. The molecule has 2 fully saturated rings. The van der Waals surface area contributed by atoms with Gasteiger partial charge in [-0.15, -0.1) is 10.2 Å². The zero-order chi connectivity index (χ0) is 17.8. The first-order valence-electron chi connectivity index (χ1n) is 9.20. The van der Waals surface area contributed by atoms with E-state index >= 15 is 0 Å². The molecule has 1 saturated heterocycles. The summed E-state index contributed by atoms with van der Waals surface area (Å²) >= 11 is 1.60. The lowest BCUT2D eigenvalue weighted by molar-refractivity contribution is -0.130. The molecule has 0 unspecified atom stereocenters. The fourth-order valence-electron chi connectivity index (χ4n) is 3.77. The number of aryl methyl sites for hydroxylation is 1. The summed E-state index contributed by atoms with van der Waals surface area (Å²) in [7, 11) is 0. The first-order valence-corrected chi connectivity index (χ1v) is 10.2. The molecule has 2 aliphatic rings. The van der Waals surface area contributed by atoms with Crippen molar-refractivity contribution in [2.45, 2.75) is 63.7 Å². The van der Waals surface area contributed by atoms with Gasteiger partial charge in [0.15, 0.2) is 5.16 Å². The van der Waals surface area contributed by atoms with E-state index in [1.807, 2.05) is 11.8 Å². The predicted molar refractivity (Wildman–Crippen MR) is 96.2 cm³/mol. The van der Waals surface area contributed by atoms with Gasteiger partial charge in [0, 0.05) is 37.8 Å². The summed E-state index contributed by atoms with van der Waals surface area (Å²) in [4.78, 5) is 26.5. The van der Waals surface area contributed by atoms with Crippen LogP contribution in [0.1, 0.15) is 44.9 Å². The second-order valence-electron chi connectivity index (χ2n) is 6.80. The average Bonchev–Trinajstić information content (AvgIpc) is 3.31. The molecular weight excluding hydrogens is 338 g/mol. The number of hydrogen-bond acceptors (Lipinski definition) is 5. The van der Waals surface area contributed by atoms with Crippen molar-refractivity contribution >= 4 is 23.6 Å². The van der Waals surface area contributed by atoms with Gasteiger partial charge in [-0.25, -0.2) is 0 Å². The van der Waals surface area contributed by atoms with Crippen LogP contribution in [0, 0.1) is 12.8 Å². The van der Waals surface area contributed by atoms with Crippen molar-refractivity contribution in [3.05, 3.63) is 5.82 Å². The molecule has 2 heterocycles. The van der Waals surface area contributed by atoms with Gasteiger partial charge < -0.3 is 14.8 Å². The van der Waals surface area contributed by atoms with Gasteiger partial charge >= 0.3 is 0 Å². The first kappa shape index (κ1) is 18.2. The normalized spacial score (nSPS) is 21.3. The zero-order valence-electron chi connectivity index (χ0n) is 15.0. The van der Waals surface area contributed by atoms with Crippen LogP contribution < -0.4 is 5.32 Å². The van der Waals surface area contributed by atoms with Crippen molar-refractivity contribution in [2.75, 3.05) is 18.8 Å². The van der Waals surface area contributed by atoms with E-state index in [4.69, 9.17) is 0 Å². The van der Waals surface area contributed by atoms with Crippen molar-refractivity contribution in [3.63, 3.8) is 0 Å². The number of thioether (sulfide) groups is 1. The third-order valence-electron chi connectivity index (χ3n) is 5.15. The van der Waals surface area contributed by atoms with Gasteiger partial charge in [-0.2, -0.15) is 0 Å². The minimum atomic E-state index is -0.195. The Bertz CT molecular complexity index is 627. The van der Waals surface area contributed by atoms with Crippen LogP contribution >= 0.6 is 11.8 Å². The second-order valence-corrected chi connectivity index (χ2v) is 7.86. The molecule has 1 aliphatic heterocycles. The molecule has 1 N–H and O–H groups in total. The van der Waals surface area contributed by atoms with E-state index in [1.54, 1.807) is 11.8 Å². The highest BCUT2D eigenvalue weighted by Crippen LogP contribution is 2.29. The lowest BCUT2D eigenvalue weighted by Crippen LogP contribution is -2.37. The molecule has 1 saturated carbocycles. The number of rotatable bonds is 7. The van der Waals surface area contributed by atoms with Gasteiger partial charge in [-0.05, 0) is 26.7 Å². The molecule has 0 aromatic carbocycles. The van der Waals surface area contributed by atoms with Crippen LogP contribution in [0.3, 0.4) is 0 Å². The van der Waals surface area contributed by atoms with Gasteiger partial charge in [0.25, 0.3) is 0 Å². The molecule has 1 aliphatic carbocycles. The SMILES string of the molecule is CCn1c(C)nnc1SCCNC(=O)[C@@H]1CC(=O)N(C2CCCC2)C1. The Morgan fingerprint density at radius 1 is 1.32 bits per heavy atom. The maximum atomic E-state index is 12.4. The van der Waals surface area contributed by atoms with Crippen LogP contribution in [0.15, 0.2) is 5.16 Å². The summed E-state index contributed by atoms with van der Waals surface area (Å²) in [6.45, 7) is 6.01. The summed E-state index contributed by atoms with van der Waals surface area (Å²) in [6, 6.07) is 0.365. The van der Waals surface area contributed by atoms with Crippen molar-refractivity contribution in [3.8, 4) is 0 Å². The van der Waals surface area contributed by atoms with Crippen molar-refractivity contribution < 1.29 is 9.59 Å². The van der Waals surface area contributed by atoms with Crippen LogP contribution in [0.25, 0.3) is 0 Å². The van der Waals surface area contributed by atoms with E-state index in [-0.39, 0.29) is 17.7 Å². The van der Waals surface area contributed by atoms with Crippen LogP contribution in [0.5, 0.6) is 0 Å². The van der Waals surface area contributed by atoms with E-state index in [1.165, 1.54) is 12.8 Å². The second kappa shape index (κ2) is 8.21. The van der Waals surface area contributed by atoms with Crippen LogP contribution in [-0.2, 0) is 16.1 Å². The summed E-state index contributed by atoms with van der Waals surface area (Å²) in [6.07, 6.45) is 4.94. The molecule has 1 aromatic heterocycles. The molecule has 0 spiro atoms. The maximum Gasteiger partial charge on any atom is 0.225 e. The van der Waals surface area contributed by atoms with Gasteiger partial charge in [-0.3, -0.25) is 9.59 Å². The Balaban J connectivity index is 1.41. The fourth-order valence-corrected chi connectivity index (χ4v) is 4.67. The Morgan fingerprint density at radius 2 is 2.08 bits per heavy atom. The molecule has 0 bridgehead atoms. The summed E-state index contributed by atoms with van der Waals surface area (Å²) in [5.41, 5.74) is 0. The molecule has 0 radical (unpaired) electrons. The summed E-state index contributed by atoms with van der Waals surface area (Å²) in [5, 5.41) is 12.1. The number of amides is 2. The minimum Gasteiger partial charge on any atom is -0.355 e. The smallest absolute Gasteiger partial charge is 0.225 e. The molecule has 138 valence electrons. The highest BCUT2D eigenvalue weighted by Gasteiger charge is 2.38. The number of hydrogen-bond donors (Lipinski definition) is 1. The average molecular weight is 366 g/mol. The molecule has 1 atom stereocenters. The molecular formula is C17H27N5O2S. The van der Waals surface area contributed by atoms with Crippen LogP contribution in [0.4, 0.5) is 0 Å². The van der Waals surface area contributed by atoms with E-state index in [0.717, 1.165) is 36.1 Å². The largest absolute Gasteiger partial charge is 0.355 e. The molecule has 3 rings (SSSR count). The number of carbonyl (C=O) groups excluding carboxylic acids is 2. The number of nitrogens with one attached hydrogen (secondary N) is 1. The molecule has 8 heteroatoms. The van der Waals surface area contributed by atoms with Crippen molar-refractivity contribution in [2.24, 2.45) is 5.92 Å². The van der Waals surface area contributed by atoms with Gasteiger partial charge in [0.05, 0.1) is 5.92 Å². The van der Waals surface area contributed by atoms with Gasteiger partial charge in [0.2, 0.25) is 11.8 Å². The fraction of sp³-hybridized carbons (Fsp3) is 0.765. The number of nitrogens with zero attached hydrogens (tertiary/aromatic N) is 4. The molecule has 2 amide bonds. The van der Waals surface area contributed by atoms with E-state index in [2.05, 4.69) is 27.0 Å². The lowest BCUT2D eigenvalue weighted by Gasteiger charge is -2.23. The predicted octanol–water partition coefficient (Wildman–Crippen LogP) is 1.61. The number of aromatic nitrogens is 3.